The molecule has 5 nitrogen and oxygen atoms in total. The number of amides is 1. The fraction of sp³-hybridized carbons (Fsp3) is 0.429. The smallest absolute Gasteiger partial charge is 0.329 e. The van der Waals surface area contributed by atoms with Crippen LogP contribution in [0.25, 0.3) is 0 Å². The summed E-state index contributed by atoms with van der Waals surface area (Å²) >= 11 is 0. The largest absolute Gasteiger partial charge is 0.508 e. The van der Waals surface area contributed by atoms with Crippen molar-refractivity contribution >= 4 is 11.9 Å². The summed E-state index contributed by atoms with van der Waals surface area (Å²) in [5.41, 5.74) is -0.717. The molecule has 102 valence electrons. The van der Waals surface area contributed by atoms with Crippen molar-refractivity contribution in [3.8, 4) is 5.75 Å². The predicted octanol–water partition coefficient (Wildman–Crippen LogP) is 1.30. The molecule has 1 aliphatic rings. The van der Waals surface area contributed by atoms with E-state index in [2.05, 4.69) is 5.32 Å². The van der Waals surface area contributed by atoms with Gasteiger partial charge in [-0.3, -0.25) is 4.79 Å². The highest BCUT2D eigenvalue weighted by molar-refractivity contribution is 5.88. The normalized spacial score (nSPS) is 17.5. The highest BCUT2D eigenvalue weighted by atomic mass is 16.4. The van der Waals surface area contributed by atoms with Gasteiger partial charge < -0.3 is 15.5 Å². The quantitative estimate of drug-likeness (QED) is 0.747. The van der Waals surface area contributed by atoms with Crippen LogP contribution in [0.4, 0.5) is 0 Å². The molecule has 5 heteroatoms. The number of carbonyl (C=O) groups is 2. The zero-order valence-electron chi connectivity index (χ0n) is 10.7. The molecule has 0 saturated heterocycles. The second kappa shape index (κ2) is 4.91. The number of benzene rings is 1. The summed E-state index contributed by atoms with van der Waals surface area (Å²) in [6.07, 6.45) is 1.61. The van der Waals surface area contributed by atoms with Gasteiger partial charge in [-0.05, 0) is 31.7 Å². The minimum Gasteiger partial charge on any atom is -0.508 e. The third kappa shape index (κ3) is 2.86. The second-order valence-electron chi connectivity index (χ2n) is 5.14. The van der Waals surface area contributed by atoms with Crippen molar-refractivity contribution in [3.05, 3.63) is 29.8 Å². The maximum atomic E-state index is 11.9. The molecule has 0 heterocycles. The molecule has 1 amide bonds. The van der Waals surface area contributed by atoms with Gasteiger partial charge in [-0.25, -0.2) is 4.79 Å². The van der Waals surface area contributed by atoms with Crippen molar-refractivity contribution < 1.29 is 19.8 Å². The minimum absolute atomic E-state index is 0.00156. The lowest BCUT2D eigenvalue weighted by Gasteiger charge is -2.26. The summed E-state index contributed by atoms with van der Waals surface area (Å²) in [7, 11) is 0. The Morgan fingerprint density at radius 3 is 2.53 bits per heavy atom. The molecule has 1 aromatic rings. The van der Waals surface area contributed by atoms with Crippen LogP contribution in [-0.4, -0.2) is 27.6 Å². The fourth-order valence-corrected chi connectivity index (χ4v) is 2.16. The van der Waals surface area contributed by atoms with Crippen molar-refractivity contribution in [1.29, 1.82) is 0 Å². The Bertz CT molecular complexity index is 510. The van der Waals surface area contributed by atoms with E-state index in [-0.39, 0.29) is 18.1 Å². The van der Waals surface area contributed by atoms with E-state index in [1.54, 1.807) is 18.2 Å². The Morgan fingerprint density at radius 2 is 2.00 bits per heavy atom. The number of hydrogen-bond donors (Lipinski definition) is 3. The molecule has 2 rings (SSSR count). The van der Waals surface area contributed by atoms with E-state index in [1.807, 2.05) is 0 Å². The van der Waals surface area contributed by atoms with Gasteiger partial charge in [-0.15, -0.1) is 0 Å². The van der Waals surface area contributed by atoms with Gasteiger partial charge in [0.1, 0.15) is 11.3 Å². The fourth-order valence-electron chi connectivity index (χ4n) is 2.16. The van der Waals surface area contributed by atoms with Gasteiger partial charge in [0.05, 0.1) is 6.42 Å². The number of nitrogens with one attached hydrogen (secondary N) is 1. The van der Waals surface area contributed by atoms with Gasteiger partial charge in [-0.1, -0.05) is 18.2 Å². The van der Waals surface area contributed by atoms with Gasteiger partial charge >= 0.3 is 5.97 Å². The number of phenols is 1. The molecule has 1 atom stereocenters. The standard InChI is InChI=1S/C14H17NO4/c1-14(13(18)19,10-6-7-10)15-12(17)8-9-4-2-3-5-11(9)16/h2-5,10,16H,6-8H2,1H3,(H,15,17)(H,18,19). The van der Waals surface area contributed by atoms with Crippen LogP contribution in [0, 0.1) is 5.92 Å². The van der Waals surface area contributed by atoms with Crippen molar-refractivity contribution in [3.63, 3.8) is 0 Å². The van der Waals surface area contributed by atoms with E-state index in [0.29, 0.717) is 5.56 Å². The number of para-hydroxylation sites is 1. The third-order valence-corrected chi connectivity index (χ3v) is 3.58. The van der Waals surface area contributed by atoms with Crippen molar-refractivity contribution in [2.75, 3.05) is 0 Å². The molecule has 1 unspecified atom stereocenters. The average Bonchev–Trinajstić information content (AvgIpc) is 3.16. The molecular formula is C14H17NO4. The van der Waals surface area contributed by atoms with Gasteiger partial charge in [0, 0.05) is 5.56 Å². The molecular weight excluding hydrogens is 246 g/mol. The highest BCUT2D eigenvalue weighted by Gasteiger charge is 2.48. The Hall–Kier alpha value is -2.04. The van der Waals surface area contributed by atoms with E-state index in [9.17, 15) is 19.8 Å². The van der Waals surface area contributed by atoms with Crippen LogP contribution < -0.4 is 5.32 Å². The number of hydrogen-bond acceptors (Lipinski definition) is 3. The summed E-state index contributed by atoms with van der Waals surface area (Å²) in [6, 6.07) is 6.53. The Kier molecular flexibility index (Phi) is 3.46. The number of aliphatic carboxylic acids is 1. The Balaban J connectivity index is 2.05. The van der Waals surface area contributed by atoms with Crippen LogP contribution >= 0.6 is 0 Å². The molecule has 1 saturated carbocycles. The molecule has 1 fully saturated rings. The minimum atomic E-state index is -1.21. The third-order valence-electron chi connectivity index (χ3n) is 3.58. The molecule has 1 aromatic carbocycles. The first-order chi connectivity index (χ1) is 8.93. The molecule has 0 aliphatic heterocycles. The van der Waals surface area contributed by atoms with Gasteiger partial charge in [-0.2, -0.15) is 0 Å². The zero-order valence-corrected chi connectivity index (χ0v) is 10.7. The van der Waals surface area contributed by atoms with Crippen LogP contribution in [0.3, 0.4) is 0 Å². The summed E-state index contributed by atoms with van der Waals surface area (Å²) < 4.78 is 0. The molecule has 0 spiro atoms. The lowest BCUT2D eigenvalue weighted by Crippen LogP contribution is -2.54. The summed E-state index contributed by atoms with van der Waals surface area (Å²) in [6.45, 7) is 1.54. The van der Waals surface area contributed by atoms with Crippen LogP contribution in [0.15, 0.2) is 24.3 Å². The Labute approximate surface area is 111 Å². The van der Waals surface area contributed by atoms with Gasteiger partial charge in [0.2, 0.25) is 5.91 Å². The first-order valence-electron chi connectivity index (χ1n) is 6.25. The van der Waals surface area contributed by atoms with Crippen molar-refractivity contribution in [2.45, 2.75) is 31.7 Å². The molecule has 0 aromatic heterocycles. The van der Waals surface area contributed by atoms with E-state index >= 15 is 0 Å². The SMILES string of the molecule is CC(NC(=O)Cc1ccccc1O)(C(=O)O)C1CC1. The highest BCUT2D eigenvalue weighted by Crippen LogP contribution is 2.39. The average molecular weight is 263 g/mol. The van der Waals surface area contributed by atoms with Gasteiger partial charge in [0.15, 0.2) is 0 Å². The van der Waals surface area contributed by atoms with Gasteiger partial charge in [0.25, 0.3) is 0 Å². The number of rotatable bonds is 5. The molecule has 19 heavy (non-hydrogen) atoms. The molecule has 0 bridgehead atoms. The summed E-state index contributed by atoms with van der Waals surface area (Å²) in [4.78, 5) is 23.2. The first-order valence-corrected chi connectivity index (χ1v) is 6.25. The summed E-state index contributed by atoms with van der Waals surface area (Å²) in [5, 5.41) is 21.4. The Morgan fingerprint density at radius 1 is 1.37 bits per heavy atom. The molecule has 1 aliphatic carbocycles. The number of aromatic hydroxyl groups is 1. The predicted molar refractivity (Wildman–Crippen MR) is 68.7 cm³/mol. The summed E-state index contributed by atoms with van der Waals surface area (Å²) in [5.74, 6) is -1.36. The first kappa shape index (κ1) is 13.4. The van der Waals surface area contributed by atoms with Crippen LogP contribution in [0.2, 0.25) is 0 Å². The number of carboxylic acids is 1. The number of phenolic OH excluding ortho intramolecular Hbond substituents is 1. The number of carbonyl (C=O) groups excluding carboxylic acids is 1. The van der Waals surface area contributed by atoms with E-state index in [4.69, 9.17) is 0 Å². The topological polar surface area (TPSA) is 86.6 Å². The number of carboxylic acid groups (broad SMARTS) is 1. The van der Waals surface area contributed by atoms with E-state index in [0.717, 1.165) is 12.8 Å². The molecule has 3 N–H and O–H groups in total. The van der Waals surface area contributed by atoms with Crippen LogP contribution in [0.5, 0.6) is 5.75 Å². The lowest BCUT2D eigenvalue weighted by molar-refractivity contribution is -0.147. The van der Waals surface area contributed by atoms with E-state index < -0.39 is 17.4 Å². The second-order valence-corrected chi connectivity index (χ2v) is 5.14. The maximum Gasteiger partial charge on any atom is 0.329 e. The maximum absolute atomic E-state index is 11.9. The van der Waals surface area contributed by atoms with E-state index in [1.165, 1.54) is 13.0 Å². The lowest BCUT2D eigenvalue weighted by atomic mass is 9.95. The zero-order chi connectivity index (χ0) is 14.0. The van der Waals surface area contributed by atoms with Crippen LogP contribution in [-0.2, 0) is 16.0 Å². The molecule has 0 radical (unpaired) electrons. The van der Waals surface area contributed by atoms with Crippen LogP contribution in [0.1, 0.15) is 25.3 Å². The van der Waals surface area contributed by atoms with Crippen molar-refractivity contribution in [2.24, 2.45) is 5.92 Å². The monoisotopic (exact) mass is 263 g/mol. The van der Waals surface area contributed by atoms with Crippen molar-refractivity contribution in [1.82, 2.24) is 5.32 Å².